The molecule has 0 bridgehead atoms. The molecule has 1 aliphatic rings. The Labute approximate surface area is 162 Å². The summed E-state index contributed by atoms with van der Waals surface area (Å²) in [5.41, 5.74) is 3.78. The van der Waals surface area contributed by atoms with Gasteiger partial charge in [-0.05, 0) is 75.3 Å². The Bertz CT molecular complexity index is 718. The van der Waals surface area contributed by atoms with E-state index in [2.05, 4.69) is 54.2 Å². The summed E-state index contributed by atoms with van der Waals surface area (Å²) in [4.78, 5) is 4.81. The molecule has 0 radical (unpaired) electrons. The van der Waals surface area contributed by atoms with Crippen LogP contribution < -0.4 is 0 Å². The number of hydrogen-bond acceptors (Lipinski definition) is 3. The maximum Gasteiger partial charge on any atom is 0.134 e. The van der Waals surface area contributed by atoms with Gasteiger partial charge in [-0.2, -0.15) is 0 Å². The van der Waals surface area contributed by atoms with Crippen LogP contribution in [0, 0.1) is 0 Å². The van der Waals surface area contributed by atoms with Crippen molar-refractivity contribution in [1.29, 1.82) is 0 Å². The van der Waals surface area contributed by atoms with Gasteiger partial charge in [-0.3, -0.25) is 0 Å². The predicted molar refractivity (Wildman–Crippen MR) is 109 cm³/mol. The van der Waals surface area contributed by atoms with Gasteiger partial charge < -0.3 is 14.9 Å². The highest BCUT2D eigenvalue weighted by Gasteiger charge is 2.25. The van der Waals surface area contributed by atoms with Gasteiger partial charge in [0.2, 0.25) is 0 Å². The fourth-order valence-electron chi connectivity index (χ4n) is 3.82. The van der Waals surface area contributed by atoms with E-state index >= 15 is 0 Å². The van der Waals surface area contributed by atoms with Crippen molar-refractivity contribution in [3.8, 4) is 5.75 Å². The largest absolute Gasteiger partial charge is 0.506 e. The van der Waals surface area contributed by atoms with Crippen LogP contribution >= 0.6 is 11.6 Å². The molecular formula is C22H29ClN2O. The van der Waals surface area contributed by atoms with E-state index in [1.54, 1.807) is 0 Å². The topological polar surface area (TPSA) is 26.7 Å². The Morgan fingerprint density at radius 1 is 1.15 bits per heavy atom. The summed E-state index contributed by atoms with van der Waals surface area (Å²) in [6.07, 6.45) is 3.41. The van der Waals surface area contributed by atoms with Crippen molar-refractivity contribution in [1.82, 2.24) is 9.80 Å². The van der Waals surface area contributed by atoms with Gasteiger partial charge >= 0.3 is 0 Å². The number of halogens is 1. The fourth-order valence-corrected chi connectivity index (χ4v) is 4.01. The highest BCUT2D eigenvalue weighted by Crippen LogP contribution is 2.36. The van der Waals surface area contributed by atoms with E-state index in [1.165, 1.54) is 29.5 Å². The lowest BCUT2D eigenvalue weighted by molar-refractivity contribution is 0.264. The third-order valence-corrected chi connectivity index (χ3v) is 5.56. The second-order valence-electron chi connectivity index (χ2n) is 7.53. The van der Waals surface area contributed by atoms with Crippen LogP contribution in [0.2, 0.25) is 5.02 Å². The van der Waals surface area contributed by atoms with Crippen molar-refractivity contribution in [2.24, 2.45) is 0 Å². The quantitative estimate of drug-likeness (QED) is 0.762. The molecule has 0 saturated heterocycles. The molecule has 0 amide bonds. The predicted octanol–water partition coefficient (Wildman–Crippen LogP) is 4.38. The zero-order chi connectivity index (χ0) is 18.5. The number of rotatable bonds is 6. The second-order valence-corrected chi connectivity index (χ2v) is 7.93. The smallest absolute Gasteiger partial charge is 0.134 e. The Morgan fingerprint density at radius 3 is 2.65 bits per heavy atom. The van der Waals surface area contributed by atoms with Crippen LogP contribution in [0.15, 0.2) is 42.5 Å². The van der Waals surface area contributed by atoms with Crippen LogP contribution in [0.5, 0.6) is 5.75 Å². The van der Waals surface area contributed by atoms with Gasteiger partial charge in [0.25, 0.3) is 0 Å². The van der Waals surface area contributed by atoms with E-state index in [4.69, 9.17) is 11.6 Å². The molecule has 0 aromatic heterocycles. The summed E-state index contributed by atoms with van der Waals surface area (Å²) in [6, 6.07) is 14.5. The molecule has 1 aliphatic heterocycles. The lowest BCUT2D eigenvalue weighted by Crippen LogP contribution is -2.30. The summed E-state index contributed by atoms with van der Waals surface area (Å²) < 4.78 is 0. The van der Waals surface area contributed by atoms with Crippen molar-refractivity contribution < 1.29 is 5.11 Å². The Balaban J connectivity index is 1.82. The normalized spacial score (nSPS) is 17.9. The van der Waals surface area contributed by atoms with Gasteiger partial charge in [0.15, 0.2) is 0 Å². The first-order chi connectivity index (χ1) is 12.5. The van der Waals surface area contributed by atoms with E-state index in [9.17, 15) is 5.11 Å². The molecule has 2 aromatic carbocycles. The molecule has 3 rings (SSSR count). The molecule has 3 nitrogen and oxygen atoms in total. The Morgan fingerprint density at radius 2 is 1.92 bits per heavy atom. The minimum Gasteiger partial charge on any atom is -0.506 e. The summed E-state index contributed by atoms with van der Waals surface area (Å²) in [5.74, 6) is 0.455. The van der Waals surface area contributed by atoms with Crippen molar-refractivity contribution in [3.63, 3.8) is 0 Å². The molecule has 1 heterocycles. The van der Waals surface area contributed by atoms with Crippen molar-refractivity contribution in [3.05, 3.63) is 64.2 Å². The zero-order valence-corrected chi connectivity index (χ0v) is 16.5. The molecule has 1 N–H and O–H groups in total. The van der Waals surface area contributed by atoms with Crippen LogP contribution in [0.3, 0.4) is 0 Å². The number of nitrogens with zero attached hydrogens (tertiary/aromatic N) is 2. The maximum absolute atomic E-state index is 10.2. The molecule has 0 unspecified atom stereocenters. The van der Waals surface area contributed by atoms with E-state index in [0.717, 1.165) is 32.6 Å². The number of fused-ring (bicyclic) bond motifs is 1. The average Bonchev–Trinajstić information content (AvgIpc) is 2.80. The number of benzene rings is 2. The number of unbranched alkanes of at least 4 members (excludes halogenated alkanes) is 1. The van der Waals surface area contributed by atoms with Crippen molar-refractivity contribution in [2.75, 3.05) is 40.3 Å². The minimum absolute atomic E-state index is 0.186. The van der Waals surface area contributed by atoms with E-state index in [1.807, 2.05) is 12.1 Å². The van der Waals surface area contributed by atoms with Crippen molar-refractivity contribution in [2.45, 2.75) is 25.2 Å². The summed E-state index contributed by atoms with van der Waals surface area (Å²) >= 11 is 6.19. The Hall–Kier alpha value is -1.55. The first-order valence-electron chi connectivity index (χ1n) is 9.48. The molecule has 0 fully saturated rings. The molecule has 140 valence electrons. The molecule has 2 aromatic rings. The average molecular weight is 373 g/mol. The lowest BCUT2D eigenvalue weighted by atomic mass is 9.88. The van der Waals surface area contributed by atoms with Crippen LogP contribution in [0.1, 0.15) is 35.4 Å². The molecule has 26 heavy (non-hydrogen) atoms. The summed E-state index contributed by atoms with van der Waals surface area (Å²) in [5, 5.41) is 10.6. The van der Waals surface area contributed by atoms with Gasteiger partial charge in [-0.15, -0.1) is 0 Å². The van der Waals surface area contributed by atoms with Gasteiger partial charge in [0, 0.05) is 19.0 Å². The first-order valence-corrected chi connectivity index (χ1v) is 9.85. The van der Waals surface area contributed by atoms with Gasteiger partial charge in [0.05, 0.1) is 5.02 Å². The minimum atomic E-state index is 0.186. The molecular weight excluding hydrogens is 344 g/mol. The summed E-state index contributed by atoms with van der Waals surface area (Å²) in [6.45, 7) is 4.28. The van der Waals surface area contributed by atoms with Gasteiger partial charge in [-0.1, -0.05) is 41.9 Å². The number of phenolic OH excluding ortho intramolecular Hbond substituents is 1. The van der Waals surface area contributed by atoms with E-state index in [0.29, 0.717) is 5.02 Å². The molecule has 0 aliphatic carbocycles. The van der Waals surface area contributed by atoms with Crippen molar-refractivity contribution >= 4 is 11.6 Å². The highest BCUT2D eigenvalue weighted by atomic mass is 35.5. The third-order valence-electron chi connectivity index (χ3n) is 5.25. The highest BCUT2D eigenvalue weighted by molar-refractivity contribution is 6.32. The molecule has 1 atom stereocenters. The van der Waals surface area contributed by atoms with Crippen LogP contribution in [-0.2, 0) is 6.42 Å². The third kappa shape index (κ3) is 4.79. The van der Waals surface area contributed by atoms with Crippen LogP contribution in [0.4, 0.5) is 0 Å². The zero-order valence-electron chi connectivity index (χ0n) is 15.8. The van der Waals surface area contributed by atoms with Gasteiger partial charge in [0.1, 0.15) is 5.75 Å². The fraction of sp³-hybridized carbons (Fsp3) is 0.455. The lowest BCUT2D eigenvalue weighted by Gasteiger charge is -2.25. The molecule has 0 saturated carbocycles. The molecule has 4 heteroatoms. The van der Waals surface area contributed by atoms with Gasteiger partial charge in [-0.25, -0.2) is 0 Å². The number of aromatic hydroxyl groups is 1. The Kier molecular flexibility index (Phi) is 6.58. The number of hydrogen-bond donors (Lipinski definition) is 1. The summed E-state index contributed by atoms with van der Waals surface area (Å²) in [7, 11) is 4.26. The monoisotopic (exact) mass is 372 g/mol. The van der Waals surface area contributed by atoms with E-state index in [-0.39, 0.29) is 11.7 Å². The molecule has 0 spiro atoms. The SMILES string of the molecule is CN(C)CCCCN1CCc2cc(Cl)c(O)cc2[C@@H](c2ccccc2)C1. The van der Waals surface area contributed by atoms with Crippen LogP contribution in [0.25, 0.3) is 0 Å². The first kappa shape index (κ1) is 19.2. The maximum atomic E-state index is 10.2. The number of phenols is 1. The van der Waals surface area contributed by atoms with E-state index < -0.39 is 0 Å². The van der Waals surface area contributed by atoms with Crippen LogP contribution in [-0.4, -0.2) is 55.2 Å². The standard InChI is InChI=1S/C22H29ClN2O/c1-24(2)11-6-7-12-25-13-10-18-14-21(23)22(26)15-19(18)20(16-25)17-8-4-3-5-9-17/h3-5,8-9,14-15,20,26H,6-7,10-13,16H2,1-2H3/t20-/m1/s1. The second kappa shape index (κ2) is 8.90.